The lowest BCUT2D eigenvalue weighted by Crippen LogP contribution is -2.07. The summed E-state index contributed by atoms with van der Waals surface area (Å²) in [4.78, 5) is 20.8. The lowest BCUT2D eigenvalue weighted by molar-refractivity contribution is -0.384. The molecule has 0 aliphatic carbocycles. The topological polar surface area (TPSA) is 127 Å². The third-order valence-corrected chi connectivity index (χ3v) is 2.51. The normalized spacial score (nSPS) is 12.1. The average Bonchev–Trinajstić information content (AvgIpc) is 2.87. The Balaban J connectivity index is 2.33. The van der Waals surface area contributed by atoms with E-state index in [1.807, 2.05) is 0 Å². The number of rotatable bonds is 4. The van der Waals surface area contributed by atoms with E-state index in [-0.39, 0.29) is 22.5 Å². The molecule has 0 amide bonds. The van der Waals surface area contributed by atoms with Gasteiger partial charge in [0.15, 0.2) is 0 Å². The summed E-state index contributed by atoms with van der Waals surface area (Å²) in [5, 5.41) is 32.8. The van der Waals surface area contributed by atoms with E-state index in [1.165, 1.54) is 24.3 Å². The van der Waals surface area contributed by atoms with Crippen molar-refractivity contribution in [1.29, 1.82) is 0 Å². The zero-order chi connectivity index (χ0) is 14.0. The number of nitro benzene ring substituents is 1. The lowest BCUT2D eigenvalue weighted by atomic mass is 10.0. The van der Waals surface area contributed by atoms with E-state index >= 15 is 0 Å². The first-order valence-electron chi connectivity index (χ1n) is 5.10. The van der Waals surface area contributed by atoms with Crippen LogP contribution in [0.2, 0.25) is 0 Å². The fourth-order valence-electron chi connectivity index (χ4n) is 1.54. The maximum absolute atomic E-state index is 10.9. The first kappa shape index (κ1) is 12.7. The number of aromatic carboxylic acids is 1. The summed E-state index contributed by atoms with van der Waals surface area (Å²) in [7, 11) is 0. The number of non-ortho nitro benzene ring substituents is 1. The molecule has 0 aliphatic heterocycles. The summed E-state index contributed by atoms with van der Waals surface area (Å²) in [5.41, 5.74) is -0.260. The first-order chi connectivity index (χ1) is 9.00. The predicted octanol–water partition coefficient (Wildman–Crippen LogP) is 1.36. The quantitative estimate of drug-likeness (QED) is 0.630. The van der Waals surface area contributed by atoms with Crippen LogP contribution in [0.3, 0.4) is 0 Å². The Bertz CT molecular complexity index is 618. The highest BCUT2D eigenvalue weighted by Gasteiger charge is 2.23. The highest BCUT2D eigenvalue weighted by Crippen LogP contribution is 2.25. The van der Waals surface area contributed by atoms with E-state index in [0.29, 0.717) is 0 Å². The number of nitrogens with zero attached hydrogens (tertiary/aromatic N) is 2. The minimum absolute atomic E-state index is 0.130. The van der Waals surface area contributed by atoms with Gasteiger partial charge in [0.05, 0.1) is 4.92 Å². The summed E-state index contributed by atoms with van der Waals surface area (Å²) >= 11 is 0. The van der Waals surface area contributed by atoms with Gasteiger partial charge in [-0.1, -0.05) is 5.16 Å². The Hall–Kier alpha value is -2.74. The molecule has 0 bridgehead atoms. The van der Waals surface area contributed by atoms with Gasteiger partial charge in [-0.25, -0.2) is 4.79 Å². The van der Waals surface area contributed by atoms with Gasteiger partial charge in [-0.3, -0.25) is 10.1 Å². The molecule has 0 saturated carbocycles. The SMILES string of the molecule is O=C(O)c1conc1[C@@H](O)c1ccc([N+](=O)[O-])cc1. The summed E-state index contributed by atoms with van der Waals surface area (Å²) in [6, 6.07) is 5.06. The van der Waals surface area contributed by atoms with Gasteiger partial charge in [0.25, 0.3) is 5.69 Å². The Kier molecular flexibility index (Phi) is 3.25. The van der Waals surface area contributed by atoms with Gasteiger partial charge in [-0.05, 0) is 17.7 Å². The molecule has 98 valence electrons. The van der Waals surface area contributed by atoms with Crippen LogP contribution in [0.4, 0.5) is 5.69 Å². The largest absolute Gasteiger partial charge is 0.478 e. The van der Waals surface area contributed by atoms with Gasteiger partial charge in [-0.2, -0.15) is 0 Å². The van der Waals surface area contributed by atoms with Crippen molar-refractivity contribution in [3.05, 3.63) is 57.5 Å². The van der Waals surface area contributed by atoms with Crippen molar-refractivity contribution in [3.8, 4) is 0 Å². The van der Waals surface area contributed by atoms with Gasteiger partial charge in [-0.15, -0.1) is 0 Å². The Morgan fingerprint density at radius 3 is 2.53 bits per heavy atom. The Morgan fingerprint density at radius 1 is 1.37 bits per heavy atom. The van der Waals surface area contributed by atoms with Crippen LogP contribution in [0.1, 0.15) is 27.7 Å². The minimum Gasteiger partial charge on any atom is -0.478 e. The summed E-state index contributed by atoms with van der Waals surface area (Å²) in [6.07, 6.45) is -0.419. The molecule has 1 atom stereocenters. The standard InChI is InChI=1S/C11H8N2O6/c14-10(9-8(11(15)16)5-19-12-9)6-1-3-7(4-2-6)13(17)18/h1-5,10,14H,(H,15,16)/t10-/m0/s1. The highest BCUT2D eigenvalue weighted by molar-refractivity contribution is 5.88. The molecule has 0 saturated heterocycles. The number of nitro groups is 1. The second-order valence-corrected chi connectivity index (χ2v) is 3.67. The maximum atomic E-state index is 10.9. The van der Waals surface area contributed by atoms with Crippen LogP contribution in [-0.4, -0.2) is 26.3 Å². The molecule has 0 spiro atoms. The van der Waals surface area contributed by atoms with Crippen molar-refractivity contribution >= 4 is 11.7 Å². The van der Waals surface area contributed by atoms with Crippen LogP contribution >= 0.6 is 0 Å². The zero-order valence-corrected chi connectivity index (χ0v) is 9.39. The number of benzene rings is 1. The van der Waals surface area contributed by atoms with Crippen molar-refractivity contribution in [3.63, 3.8) is 0 Å². The number of aliphatic hydroxyl groups excluding tert-OH is 1. The van der Waals surface area contributed by atoms with Crippen molar-refractivity contribution in [1.82, 2.24) is 5.16 Å². The summed E-state index contributed by atoms with van der Waals surface area (Å²) in [5.74, 6) is -1.28. The molecule has 0 unspecified atom stereocenters. The number of carbonyl (C=O) groups is 1. The first-order valence-corrected chi connectivity index (χ1v) is 5.10. The van der Waals surface area contributed by atoms with Crippen LogP contribution in [-0.2, 0) is 0 Å². The second-order valence-electron chi connectivity index (χ2n) is 3.67. The number of carboxylic acids is 1. The number of hydrogen-bond donors (Lipinski definition) is 2. The third kappa shape index (κ3) is 2.43. The van der Waals surface area contributed by atoms with Crippen molar-refractivity contribution < 1.29 is 24.5 Å². The number of aliphatic hydroxyl groups is 1. The number of aromatic nitrogens is 1. The smallest absolute Gasteiger partial charge is 0.341 e. The van der Waals surface area contributed by atoms with Crippen molar-refractivity contribution in [2.45, 2.75) is 6.10 Å². The summed E-state index contributed by atoms with van der Waals surface area (Å²) in [6.45, 7) is 0. The molecule has 0 aliphatic rings. The van der Waals surface area contributed by atoms with Crippen LogP contribution in [0.15, 0.2) is 35.1 Å². The van der Waals surface area contributed by atoms with Crippen molar-refractivity contribution in [2.75, 3.05) is 0 Å². The van der Waals surface area contributed by atoms with E-state index in [1.54, 1.807) is 0 Å². The van der Waals surface area contributed by atoms with Gasteiger partial charge >= 0.3 is 5.97 Å². The second kappa shape index (κ2) is 4.86. The average molecular weight is 264 g/mol. The molecule has 0 fully saturated rings. The number of hydrogen-bond acceptors (Lipinski definition) is 6. The monoisotopic (exact) mass is 264 g/mol. The summed E-state index contributed by atoms with van der Waals surface area (Å²) < 4.78 is 4.51. The van der Waals surface area contributed by atoms with Crippen LogP contribution in [0, 0.1) is 10.1 Å². The molecule has 8 heteroatoms. The molecule has 2 aromatic rings. The molecular weight excluding hydrogens is 256 g/mol. The van der Waals surface area contributed by atoms with E-state index in [9.17, 15) is 20.0 Å². The van der Waals surface area contributed by atoms with E-state index < -0.39 is 17.0 Å². The molecule has 19 heavy (non-hydrogen) atoms. The number of carboxylic acid groups (broad SMARTS) is 1. The Labute approximate surface area is 106 Å². The third-order valence-electron chi connectivity index (χ3n) is 2.51. The molecular formula is C11H8N2O6. The van der Waals surface area contributed by atoms with Crippen molar-refractivity contribution in [2.24, 2.45) is 0 Å². The highest BCUT2D eigenvalue weighted by atomic mass is 16.6. The van der Waals surface area contributed by atoms with Gasteiger partial charge in [0.1, 0.15) is 23.6 Å². The fourth-order valence-corrected chi connectivity index (χ4v) is 1.54. The molecule has 1 aromatic heterocycles. The minimum atomic E-state index is -1.33. The molecule has 8 nitrogen and oxygen atoms in total. The predicted molar refractivity (Wildman–Crippen MR) is 60.6 cm³/mol. The van der Waals surface area contributed by atoms with E-state index in [2.05, 4.69) is 9.68 Å². The van der Waals surface area contributed by atoms with Gasteiger partial charge in [0.2, 0.25) is 0 Å². The lowest BCUT2D eigenvalue weighted by Gasteiger charge is -2.08. The zero-order valence-electron chi connectivity index (χ0n) is 9.39. The van der Waals surface area contributed by atoms with E-state index in [0.717, 1.165) is 6.26 Å². The molecule has 2 rings (SSSR count). The molecule has 1 heterocycles. The molecule has 1 aromatic carbocycles. The van der Waals surface area contributed by atoms with Gasteiger partial charge in [0, 0.05) is 12.1 Å². The van der Waals surface area contributed by atoms with Gasteiger partial charge < -0.3 is 14.7 Å². The fraction of sp³-hybridized carbons (Fsp3) is 0.0909. The van der Waals surface area contributed by atoms with E-state index in [4.69, 9.17) is 5.11 Å². The van der Waals surface area contributed by atoms with Crippen LogP contribution in [0.5, 0.6) is 0 Å². The Morgan fingerprint density at radius 2 is 2.00 bits per heavy atom. The van der Waals surface area contributed by atoms with Crippen LogP contribution in [0.25, 0.3) is 0 Å². The van der Waals surface area contributed by atoms with Crippen LogP contribution < -0.4 is 0 Å². The molecule has 0 radical (unpaired) electrons. The molecule has 2 N–H and O–H groups in total. The maximum Gasteiger partial charge on any atom is 0.341 e.